The third-order valence-electron chi connectivity index (χ3n) is 7.91. The molecule has 0 unspecified atom stereocenters. The number of hydrogen-bond donors (Lipinski definition) is 1. The number of aliphatic hydroxyl groups excluding tert-OH is 1. The smallest absolute Gasteiger partial charge is 0.306 e. The van der Waals surface area contributed by atoms with E-state index in [0.29, 0.717) is 12.8 Å². The molecule has 0 aliphatic heterocycles. The van der Waals surface area contributed by atoms with Crippen LogP contribution >= 0.6 is 0 Å². The predicted molar refractivity (Wildman–Crippen MR) is 187 cm³/mol. The van der Waals surface area contributed by atoms with Gasteiger partial charge in [0.15, 0.2) is 6.10 Å². The first kappa shape index (κ1) is 42.1. The number of ether oxygens (including phenoxy) is 2. The van der Waals surface area contributed by atoms with Gasteiger partial charge >= 0.3 is 11.9 Å². The van der Waals surface area contributed by atoms with Crippen LogP contribution in [-0.2, 0) is 19.1 Å². The van der Waals surface area contributed by atoms with Gasteiger partial charge in [-0.05, 0) is 70.6 Å². The Labute approximate surface area is 272 Å². The molecule has 1 N–H and O–H groups in total. The Balaban J connectivity index is 3.59. The Morgan fingerprint density at radius 1 is 0.523 bits per heavy atom. The Morgan fingerprint density at radius 2 is 0.909 bits per heavy atom. The fraction of sp³-hybridized carbons (Fsp3) is 0.795. The van der Waals surface area contributed by atoms with Gasteiger partial charge in [-0.2, -0.15) is 0 Å². The summed E-state index contributed by atoms with van der Waals surface area (Å²) in [7, 11) is 0. The lowest BCUT2D eigenvalue weighted by atomic mass is 10.1. The maximum absolute atomic E-state index is 12.1. The summed E-state index contributed by atoms with van der Waals surface area (Å²) in [6.07, 6.45) is 41.9. The van der Waals surface area contributed by atoms with Gasteiger partial charge in [0, 0.05) is 12.8 Å². The Morgan fingerprint density at radius 3 is 1.41 bits per heavy atom. The lowest BCUT2D eigenvalue weighted by Crippen LogP contribution is -2.28. The first-order valence-electron chi connectivity index (χ1n) is 18.5. The number of unbranched alkanes of at least 4 members (excludes halogenated alkanes) is 19. The average Bonchev–Trinajstić information content (AvgIpc) is 3.02. The summed E-state index contributed by atoms with van der Waals surface area (Å²) in [4.78, 5) is 24.2. The predicted octanol–water partition coefficient (Wildman–Crippen LogP) is 11.3. The van der Waals surface area contributed by atoms with E-state index in [2.05, 4.69) is 50.3 Å². The van der Waals surface area contributed by atoms with Crippen molar-refractivity contribution in [2.75, 3.05) is 13.2 Å². The van der Waals surface area contributed by atoms with E-state index in [1.807, 2.05) is 0 Å². The minimum absolute atomic E-state index is 0.0726. The molecule has 1 atom stereocenters. The number of esters is 2. The highest BCUT2D eigenvalue weighted by Gasteiger charge is 2.16. The van der Waals surface area contributed by atoms with Crippen molar-refractivity contribution in [3.63, 3.8) is 0 Å². The zero-order valence-corrected chi connectivity index (χ0v) is 28.9. The van der Waals surface area contributed by atoms with Gasteiger partial charge in [-0.15, -0.1) is 0 Å². The second-order valence-corrected chi connectivity index (χ2v) is 12.3. The van der Waals surface area contributed by atoms with Gasteiger partial charge in [0.1, 0.15) is 6.61 Å². The Hall–Kier alpha value is -1.88. The van der Waals surface area contributed by atoms with Crippen LogP contribution in [0.5, 0.6) is 0 Å². The molecule has 0 aliphatic rings. The van der Waals surface area contributed by atoms with Gasteiger partial charge < -0.3 is 14.6 Å². The highest BCUT2D eigenvalue weighted by Crippen LogP contribution is 2.12. The van der Waals surface area contributed by atoms with Crippen LogP contribution in [0.15, 0.2) is 36.5 Å². The van der Waals surface area contributed by atoms with Crippen molar-refractivity contribution < 1.29 is 24.2 Å². The van der Waals surface area contributed by atoms with Gasteiger partial charge in [0.05, 0.1) is 6.61 Å². The topological polar surface area (TPSA) is 72.8 Å². The van der Waals surface area contributed by atoms with Crippen molar-refractivity contribution in [2.45, 2.75) is 187 Å². The Kier molecular flexibility index (Phi) is 34.1. The van der Waals surface area contributed by atoms with Crippen LogP contribution in [0.4, 0.5) is 0 Å². The normalized spacial score (nSPS) is 12.5. The van der Waals surface area contributed by atoms with E-state index in [1.54, 1.807) is 0 Å². The summed E-state index contributed by atoms with van der Waals surface area (Å²) in [5, 5.41) is 9.53. The summed E-state index contributed by atoms with van der Waals surface area (Å²) in [6.45, 7) is 4.07. The average molecular weight is 619 g/mol. The second kappa shape index (κ2) is 35.6. The van der Waals surface area contributed by atoms with Crippen molar-refractivity contribution in [3.05, 3.63) is 36.5 Å². The lowest BCUT2D eigenvalue weighted by molar-refractivity contribution is -0.161. The first-order chi connectivity index (χ1) is 21.6. The summed E-state index contributed by atoms with van der Waals surface area (Å²) in [5.41, 5.74) is 0. The molecule has 256 valence electrons. The summed E-state index contributed by atoms with van der Waals surface area (Å²) < 4.78 is 10.6. The summed E-state index contributed by atoms with van der Waals surface area (Å²) >= 11 is 0. The van der Waals surface area contributed by atoms with Crippen molar-refractivity contribution in [2.24, 2.45) is 0 Å². The maximum atomic E-state index is 12.1. The number of rotatable bonds is 33. The molecule has 0 aromatic heterocycles. The van der Waals surface area contributed by atoms with Crippen LogP contribution in [0.1, 0.15) is 181 Å². The van der Waals surface area contributed by atoms with Crippen LogP contribution in [-0.4, -0.2) is 36.4 Å². The highest BCUT2D eigenvalue weighted by molar-refractivity contribution is 5.70. The van der Waals surface area contributed by atoms with E-state index in [4.69, 9.17) is 9.47 Å². The van der Waals surface area contributed by atoms with Gasteiger partial charge in [-0.3, -0.25) is 9.59 Å². The molecule has 0 fully saturated rings. The van der Waals surface area contributed by atoms with Crippen LogP contribution in [0.25, 0.3) is 0 Å². The monoisotopic (exact) mass is 619 g/mol. The van der Waals surface area contributed by atoms with E-state index in [-0.39, 0.29) is 25.2 Å². The van der Waals surface area contributed by atoms with Gasteiger partial charge in [-0.25, -0.2) is 0 Å². The molecule has 5 nitrogen and oxygen atoms in total. The molecular formula is C39H70O5. The highest BCUT2D eigenvalue weighted by atomic mass is 16.6. The number of hydrogen-bond acceptors (Lipinski definition) is 5. The molecule has 5 heteroatoms. The van der Waals surface area contributed by atoms with Crippen molar-refractivity contribution in [1.82, 2.24) is 0 Å². The molecule has 0 spiro atoms. The van der Waals surface area contributed by atoms with Crippen molar-refractivity contribution in [3.8, 4) is 0 Å². The van der Waals surface area contributed by atoms with Gasteiger partial charge in [0.25, 0.3) is 0 Å². The van der Waals surface area contributed by atoms with Crippen LogP contribution in [0, 0.1) is 0 Å². The largest absolute Gasteiger partial charge is 0.462 e. The van der Waals surface area contributed by atoms with Crippen molar-refractivity contribution in [1.29, 1.82) is 0 Å². The molecule has 44 heavy (non-hydrogen) atoms. The molecular weight excluding hydrogens is 548 g/mol. The fourth-order valence-electron chi connectivity index (χ4n) is 5.05. The molecule has 0 saturated carbocycles. The van der Waals surface area contributed by atoms with Crippen LogP contribution in [0.3, 0.4) is 0 Å². The molecule has 0 radical (unpaired) electrons. The maximum Gasteiger partial charge on any atom is 0.306 e. The molecule has 0 aliphatic carbocycles. The second-order valence-electron chi connectivity index (χ2n) is 12.3. The van der Waals surface area contributed by atoms with E-state index in [0.717, 1.165) is 57.8 Å². The van der Waals surface area contributed by atoms with E-state index < -0.39 is 6.10 Å². The third-order valence-corrected chi connectivity index (χ3v) is 7.91. The van der Waals surface area contributed by atoms with Crippen molar-refractivity contribution >= 4 is 11.9 Å². The summed E-state index contributed by atoms with van der Waals surface area (Å²) in [6, 6.07) is 0. The fourth-order valence-corrected chi connectivity index (χ4v) is 5.05. The zero-order valence-electron chi connectivity index (χ0n) is 28.9. The van der Waals surface area contributed by atoms with E-state index >= 15 is 0 Å². The number of carbonyl (C=O) groups is 2. The van der Waals surface area contributed by atoms with E-state index in [9.17, 15) is 14.7 Å². The molecule has 0 aromatic carbocycles. The summed E-state index contributed by atoms with van der Waals surface area (Å²) in [5.74, 6) is -0.610. The quantitative estimate of drug-likeness (QED) is 0.0450. The molecule has 0 aromatic rings. The standard InChI is InChI=1S/C39H70O5/c1-3-5-7-9-11-13-15-17-18-19-20-22-24-26-28-30-32-34-39(42)44-37(35-40)36-43-38(41)33-31-29-27-25-23-21-16-14-12-10-8-6-4-2/h11,13-14,16-18,37,40H,3-10,12,15,19-36H2,1-2H3/b13-11+,16-14+,18-17+/t37-/m0/s1. The number of carbonyl (C=O) groups excluding carboxylic acids is 2. The molecule has 0 heterocycles. The Bertz CT molecular complexity index is 711. The minimum Gasteiger partial charge on any atom is -0.462 e. The van der Waals surface area contributed by atoms with Crippen LogP contribution in [0.2, 0.25) is 0 Å². The zero-order chi connectivity index (χ0) is 32.2. The van der Waals surface area contributed by atoms with Crippen LogP contribution < -0.4 is 0 Å². The first-order valence-corrected chi connectivity index (χ1v) is 18.5. The van der Waals surface area contributed by atoms with Gasteiger partial charge in [0.2, 0.25) is 0 Å². The number of aliphatic hydroxyl groups is 1. The molecule has 0 rings (SSSR count). The third kappa shape index (κ3) is 33.0. The van der Waals surface area contributed by atoms with E-state index in [1.165, 1.54) is 96.3 Å². The lowest BCUT2D eigenvalue weighted by Gasteiger charge is -2.15. The minimum atomic E-state index is -0.776. The molecule has 0 amide bonds. The SMILES string of the molecule is CCCCC/C=C/C/C=C/CCCCCCCCCC(=O)O[C@@H](CO)COC(=O)CCCCCCC/C=C/CCCCCC. The number of allylic oxidation sites excluding steroid dienone is 6. The molecule has 0 bridgehead atoms. The molecule has 0 saturated heterocycles. The van der Waals surface area contributed by atoms with Gasteiger partial charge in [-0.1, -0.05) is 134 Å².